The van der Waals surface area contributed by atoms with Crippen molar-refractivity contribution in [3.8, 4) is 0 Å². The standard InChI is InChI=1S/C15H22F2N2O/c1-11(10-19-6-2-3-7-19)18-9-15(20)13-5-4-12(16)8-14(13)17/h4-5,8,11,15,18,20H,2-3,6-7,9-10H2,1H3. The second kappa shape index (κ2) is 7.11. The van der Waals surface area contributed by atoms with E-state index in [-0.39, 0.29) is 18.2 Å². The maximum Gasteiger partial charge on any atom is 0.131 e. The van der Waals surface area contributed by atoms with Crippen LogP contribution in [0.15, 0.2) is 18.2 Å². The molecule has 1 aromatic carbocycles. The Bertz CT molecular complexity index is 436. The first kappa shape index (κ1) is 15.4. The van der Waals surface area contributed by atoms with Crippen molar-refractivity contribution >= 4 is 0 Å². The van der Waals surface area contributed by atoms with Gasteiger partial charge < -0.3 is 15.3 Å². The number of halogens is 2. The van der Waals surface area contributed by atoms with E-state index in [9.17, 15) is 13.9 Å². The first-order valence-corrected chi connectivity index (χ1v) is 7.15. The number of rotatable bonds is 6. The van der Waals surface area contributed by atoms with Crippen molar-refractivity contribution in [1.82, 2.24) is 10.2 Å². The van der Waals surface area contributed by atoms with Crippen LogP contribution in [-0.4, -0.2) is 42.2 Å². The lowest BCUT2D eigenvalue weighted by molar-refractivity contribution is 0.162. The molecule has 1 heterocycles. The first-order valence-electron chi connectivity index (χ1n) is 7.15. The van der Waals surface area contributed by atoms with Crippen molar-refractivity contribution in [3.05, 3.63) is 35.4 Å². The fourth-order valence-electron chi connectivity index (χ4n) is 2.61. The van der Waals surface area contributed by atoms with Gasteiger partial charge in [-0.3, -0.25) is 0 Å². The molecule has 1 fully saturated rings. The second-order valence-corrected chi connectivity index (χ2v) is 5.50. The number of aliphatic hydroxyl groups excluding tert-OH is 1. The van der Waals surface area contributed by atoms with Gasteiger partial charge in [-0.15, -0.1) is 0 Å². The third-order valence-corrected chi connectivity index (χ3v) is 3.71. The highest BCUT2D eigenvalue weighted by atomic mass is 19.1. The van der Waals surface area contributed by atoms with Crippen LogP contribution in [0.1, 0.15) is 31.4 Å². The molecule has 2 atom stereocenters. The van der Waals surface area contributed by atoms with Crippen molar-refractivity contribution in [3.63, 3.8) is 0 Å². The predicted molar refractivity (Wildman–Crippen MR) is 74.5 cm³/mol. The van der Waals surface area contributed by atoms with Crippen molar-refractivity contribution in [2.45, 2.75) is 31.9 Å². The van der Waals surface area contributed by atoms with Crippen LogP contribution in [0.2, 0.25) is 0 Å². The Morgan fingerprint density at radius 1 is 1.30 bits per heavy atom. The van der Waals surface area contributed by atoms with E-state index in [1.807, 2.05) is 6.92 Å². The average molecular weight is 284 g/mol. The van der Waals surface area contributed by atoms with Crippen LogP contribution in [0, 0.1) is 11.6 Å². The van der Waals surface area contributed by atoms with Gasteiger partial charge in [-0.05, 0) is 38.9 Å². The van der Waals surface area contributed by atoms with Crippen LogP contribution in [-0.2, 0) is 0 Å². The Balaban J connectivity index is 1.80. The smallest absolute Gasteiger partial charge is 0.131 e. The van der Waals surface area contributed by atoms with E-state index in [1.165, 1.54) is 18.9 Å². The van der Waals surface area contributed by atoms with Gasteiger partial charge in [-0.1, -0.05) is 6.07 Å². The molecule has 2 N–H and O–H groups in total. The van der Waals surface area contributed by atoms with Crippen molar-refractivity contribution in [1.29, 1.82) is 0 Å². The monoisotopic (exact) mass is 284 g/mol. The van der Waals surface area contributed by atoms with Crippen molar-refractivity contribution in [2.24, 2.45) is 0 Å². The summed E-state index contributed by atoms with van der Waals surface area (Å²) in [4.78, 5) is 2.38. The number of nitrogens with one attached hydrogen (secondary N) is 1. The topological polar surface area (TPSA) is 35.5 Å². The number of aliphatic hydroxyl groups is 1. The van der Waals surface area contributed by atoms with E-state index >= 15 is 0 Å². The molecule has 2 rings (SSSR count). The van der Waals surface area contributed by atoms with E-state index in [4.69, 9.17) is 0 Å². The maximum atomic E-state index is 13.5. The van der Waals surface area contributed by atoms with Crippen LogP contribution >= 0.6 is 0 Å². The molecule has 0 amide bonds. The summed E-state index contributed by atoms with van der Waals surface area (Å²) >= 11 is 0. The summed E-state index contributed by atoms with van der Waals surface area (Å²) in [6.07, 6.45) is 1.53. The summed E-state index contributed by atoms with van der Waals surface area (Å²) in [6.45, 7) is 5.49. The second-order valence-electron chi connectivity index (χ2n) is 5.50. The molecule has 0 spiro atoms. The maximum absolute atomic E-state index is 13.5. The highest BCUT2D eigenvalue weighted by molar-refractivity contribution is 5.21. The molecule has 0 aromatic heterocycles. The SMILES string of the molecule is CC(CN1CCCC1)NCC(O)c1ccc(F)cc1F. The molecule has 1 saturated heterocycles. The highest BCUT2D eigenvalue weighted by Crippen LogP contribution is 2.17. The molecule has 1 aliphatic heterocycles. The molecule has 112 valence electrons. The number of likely N-dealkylation sites (tertiary alicyclic amines) is 1. The van der Waals surface area contributed by atoms with Crippen LogP contribution < -0.4 is 5.32 Å². The van der Waals surface area contributed by atoms with E-state index in [2.05, 4.69) is 10.2 Å². The minimum atomic E-state index is -0.961. The molecule has 0 saturated carbocycles. The molecule has 1 aromatic rings. The van der Waals surface area contributed by atoms with Crippen molar-refractivity contribution in [2.75, 3.05) is 26.2 Å². The van der Waals surface area contributed by atoms with Crippen LogP contribution in [0.4, 0.5) is 8.78 Å². The number of hydrogen-bond acceptors (Lipinski definition) is 3. The van der Waals surface area contributed by atoms with Gasteiger partial charge in [0.2, 0.25) is 0 Å². The Labute approximate surface area is 118 Å². The van der Waals surface area contributed by atoms with Gasteiger partial charge in [0.1, 0.15) is 11.6 Å². The van der Waals surface area contributed by atoms with E-state index in [0.717, 1.165) is 31.8 Å². The Morgan fingerprint density at radius 2 is 2.00 bits per heavy atom. The average Bonchev–Trinajstić information content (AvgIpc) is 2.89. The fraction of sp³-hybridized carbons (Fsp3) is 0.600. The summed E-state index contributed by atoms with van der Waals surface area (Å²) in [5, 5.41) is 13.2. The minimum absolute atomic E-state index is 0.132. The molecule has 2 unspecified atom stereocenters. The number of hydrogen-bond donors (Lipinski definition) is 2. The third-order valence-electron chi connectivity index (χ3n) is 3.71. The van der Waals surface area contributed by atoms with Gasteiger partial charge in [0.15, 0.2) is 0 Å². The predicted octanol–water partition coefficient (Wildman–Crippen LogP) is 2.07. The molecule has 0 aliphatic carbocycles. The number of nitrogens with zero attached hydrogens (tertiary/aromatic N) is 1. The van der Waals surface area contributed by atoms with Crippen LogP contribution in [0.3, 0.4) is 0 Å². The van der Waals surface area contributed by atoms with E-state index < -0.39 is 17.7 Å². The Kier molecular flexibility index (Phi) is 5.46. The van der Waals surface area contributed by atoms with Gasteiger partial charge in [-0.25, -0.2) is 8.78 Å². The van der Waals surface area contributed by atoms with Crippen molar-refractivity contribution < 1.29 is 13.9 Å². The minimum Gasteiger partial charge on any atom is -0.387 e. The molecule has 1 aliphatic rings. The molecular formula is C15H22F2N2O. The molecule has 0 bridgehead atoms. The summed E-state index contributed by atoms with van der Waals surface area (Å²) in [5.41, 5.74) is 0.132. The Hall–Kier alpha value is -1.04. The first-order chi connectivity index (χ1) is 9.56. The Morgan fingerprint density at radius 3 is 2.65 bits per heavy atom. The highest BCUT2D eigenvalue weighted by Gasteiger charge is 2.17. The molecule has 0 radical (unpaired) electrons. The zero-order valence-corrected chi connectivity index (χ0v) is 11.8. The zero-order valence-electron chi connectivity index (χ0n) is 11.8. The lowest BCUT2D eigenvalue weighted by Crippen LogP contribution is -2.39. The summed E-state index contributed by atoms with van der Waals surface area (Å²) in [7, 11) is 0. The normalized spacial score (nSPS) is 19.2. The summed E-state index contributed by atoms with van der Waals surface area (Å²) in [6, 6.07) is 3.48. The third kappa shape index (κ3) is 4.23. The van der Waals surface area contributed by atoms with Gasteiger partial charge in [0.05, 0.1) is 6.10 Å². The quantitative estimate of drug-likeness (QED) is 0.839. The van der Waals surface area contributed by atoms with Crippen LogP contribution in [0.25, 0.3) is 0 Å². The van der Waals surface area contributed by atoms with Gasteiger partial charge in [0.25, 0.3) is 0 Å². The lowest BCUT2D eigenvalue weighted by Gasteiger charge is -2.22. The summed E-state index contributed by atoms with van der Waals surface area (Å²) in [5.74, 6) is -1.33. The fourth-order valence-corrected chi connectivity index (χ4v) is 2.61. The summed E-state index contributed by atoms with van der Waals surface area (Å²) < 4.78 is 26.3. The van der Waals surface area contributed by atoms with Crippen LogP contribution in [0.5, 0.6) is 0 Å². The number of benzene rings is 1. The molecular weight excluding hydrogens is 262 g/mol. The largest absolute Gasteiger partial charge is 0.387 e. The molecule has 20 heavy (non-hydrogen) atoms. The van der Waals surface area contributed by atoms with Gasteiger partial charge >= 0.3 is 0 Å². The zero-order chi connectivity index (χ0) is 14.5. The van der Waals surface area contributed by atoms with E-state index in [1.54, 1.807) is 0 Å². The van der Waals surface area contributed by atoms with E-state index in [0.29, 0.717) is 0 Å². The molecule has 3 nitrogen and oxygen atoms in total. The lowest BCUT2D eigenvalue weighted by atomic mass is 10.1. The van der Waals surface area contributed by atoms with Gasteiger partial charge in [-0.2, -0.15) is 0 Å². The van der Waals surface area contributed by atoms with Gasteiger partial charge in [0, 0.05) is 30.8 Å². The molecule has 5 heteroatoms.